The fourth-order valence-corrected chi connectivity index (χ4v) is 1.65. The summed E-state index contributed by atoms with van der Waals surface area (Å²) in [6.07, 6.45) is -0.361. The molecule has 1 amide bonds. The molecule has 5 nitrogen and oxygen atoms in total. The second kappa shape index (κ2) is 7.04. The number of hydrogen-bond donors (Lipinski definition) is 2. The van der Waals surface area contributed by atoms with Gasteiger partial charge in [-0.1, -0.05) is 36.4 Å². The molecule has 104 valence electrons. The van der Waals surface area contributed by atoms with Crippen molar-refractivity contribution in [2.24, 2.45) is 5.73 Å². The number of ketones is 1. The summed E-state index contributed by atoms with van der Waals surface area (Å²) in [6, 6.07) is 13.2. The van der Waals surface area contributed by atoms with Crippen LogP contribution < -0.4 is 5.73 Å². The number of benzene rings is 2. The second-order valence-electron chi connectivity index (χ2n) is 4.16. The Labute approximate surface area is 116 Å². The number of Topliss-reactive ketones (excluding diaryl/α,β-unsaturated/α-hetero) is 1. The quantitative estimate of drug-likeness (QED) is 0.835. The van der Waals surface area contributed by atoms with Crippen molar-refractivity contribution in [3.63, 3.8) is 0 Å². The van der Waals surface area contributed by atoms with Gasteiger partial charge in [0.1, 0.15) is 12.2 Å². The van der Waals surface area contributed by atoms with Crippen molar-refractivity contribution in [1.29, 1.82) is 0 Å². The van der Waals surface area contributed by atoms with E-state index in [9.17, 15) is 14.4 Å². The van der Waals surface area contributed by atoms with E-state index >= 15 is 0 Å². The Morgan fingerprint density at radius 2 is 1.65 bits per heavy atom. The molecular weight excluding hydrogens is 258 g/mol. The van der Waals surface area contributed by atoms with Gasteiger partial charge in [-0.15, -0.1) is 0 Å². The number of hydrogen-bond acceptors (Lipinski definition) is 3. The van der Waals surface area contributed by atoms with Crippen LogP contribution in [0.5, 0.6) is 0 Å². The van der Waals surface area contributed by atoms with Crippen LogP contribution in [0.4, 0.5) is 0 Å². The molecule has 0 unspecified atom stereocenters. The molecule has 0 spiro atoms. The van der Waals surface area contributed by atoms with E-state index in [0.29, 0.717) is 5.56 Å². The van der Waals surface area contributed by atoms with E-state index in [1.54, 1.807) is 6.07 Å². The number of carbonyl (C=O) groups excluding carboxylic acids is 2. The topological polar surface area (TPSA) is 97.5 Å². The van der Waals surface area contributed by atoms with Crippen LogP contribution in [0.15, 0.2) is 42.5 Å². The highest BCUT2D eigenvalue weighted by Crippen LogP contribution is 2.17. The van der Waals surface area contributed by atoms with E-state index in [2.05, 4.69) is 0 Å². The molecule has 20 heavy (non-hydrogen) atoms. The Balaban J connectivity index is 0.000000246. The van der Waals surface area contributed by atoms with Gasteiger partial charge in [0.25, 0.3) is 0 Å². The van der Waals surface area contributed by atoms with Crippen molar-refractivity contribution in [2.45, 2.75) is 13.3 Å². The molecule has 0 aliphatic rings. The van der Waals surface area contributed by atoms with E-state index in [4.69, 9.17) is 10.8 Å². The predicted molar refractivity (Wildman–Crippen MR) is 75.4 cm³/mol. The average molecular weight is 273 g/mol. The van der Waals surface area contributed by atoms with E-state index in [-0.39, 0.29) is 18.1 Å². The molecule has 0 heterocycles. The molecule has 0 saturated carbocycles. The zero-order valence-electron chi connectivity index (χ0n) is 11.0. The van der Waals surface area contributed by atoms with Gasteiger partial charge in [-0.2, -0.15) is 0 Å². The van der Waals surface area contributed by atoms with Crippen LogP contribution in [0.3, 0.4) is 0 Å². The van der Waals surface area contributed by atoms with E-state index in [1.807, 2.05) is 36.4 Å². The first kappa shape index (κ1) is 15.4. The minimum atomic E-state index is -1.06. The van der Waals surface area contributed by atoms with Gasteiger partial charge in [0.2, 0.25) is 5.91 Å². The van der Waals surface area contributed by atoms with Gasteiger partial charge in [-0.05, 0) is 23.8 Å². The SMILES string of the molecule is CC(=O)CC(=O)O.NC(=O)c1cccc2ccccc12. The van der Waals surface area contributed by atoms with E-state index < -0.39 is 5.97 Å². The summed E-state index contributed by atoms with van der Waals surface area (Å²) in [5.41, 5.74) is 5.82. The average Bonchev–Trinajstić information content (AvgIpc) is 2.37. The first-order valence-corrected chi connectivity index (χ1v) is 5.90. The van der Waals surface area contributed by atoms with Gasteiger partial charge in [-0.25, -0.2) is 0 Å². The van der Waals surface area contributed by atoms with Crippen LogP contribution in [0.1, 0.15) is 23.7 Å². The highest BCUT2D eigenvalue weighted by molar-refractivity contribution is 6.06. The maximum absolute atomic E-state index is 11.0. The number of nitrogens with two attached hydrogens (primary N) is 1. The summed E-state index contributed by atoms with van der Waals surface area (Å²) in [5.74, 6) is -1.75. The maximum Gasteiger partial charge on any atom is 0.310 e. The van der Waals surface area contributed by atoms with Crippen LogP contribution in [-0.2, 0) is 9.59 Å². The van der Waals surface area contributed by atoms with Gasteiger partial charge in [-0.3, -0.25) is 14.4 Å². The van der Waals surface area contributed by atoms with Crippen molar-refractivity contribution < 1.29 is 19.5 Å². The summed E-state index contributed by atoms with van der Waals surface area (Å²) < 4.78 is 0. The summed E-state index contributed by atoms with van der Waals surface area (Å²) in [7, 11) is 0. The first-order chi connectivity index (χ1) is 9.41. The molecule has 2 aromatic rings. The minimum Gasteiger partial charge on any atom is -0.481 e. The molecule has 0 radical (unpaired) electrons. The molecule has 0 aliphatic carbocycles. The Morgan fingerprint density at radius 1 is 1.05 bits per heavy atom. The van der Waals surface area contributed by atoms with E-state index in [1.165, 1.54) is 6.92 Å². The third-order valence-corrected chi connectivity index (χ3v) is 2.46. The van der Waals surface area contributed by atoms with Gasteiger partial charge >= 0.3 is 5.97 Å². The Morgan fingerprint density at radius 3 is 2.15 bits per heavy atom. The number of primary amides is 1. The van der Waals surface area contributed by atoms with Crippen LogP contribution in [0.2, 0.25) is 0 Å². The van der Waals surface area contributed by atoms with Crippen LogP contribution in [0.25, 0.3) is 10.8 Å². The number of aliphatic carboxylic acids is 1. The Kier molecular flexibility index (Phi) is 5.41. The number of carbonyl (C=O) groups is 3. The first-order valence-electron chi connectivity index (χ1n) is 5.90. The molecule has 5 heteroatoms. The van der Waals surface area contributed by atoms with Crippen molar-refractivity contribution >= 4 is 28.4 Å². The van der Waals surface area contributed by atoms with Gasteiger partial charge in [0.15, 0.2) is 0 Å². The van der Waals surface area contributed by atoms with Gasteiger partial charge in [0.05, 0.1) is 0 Å². The molecule has 2 rings (SSSR count). The lowest BCUT2D eigenvalue weighted by Gasteiger charge is -2.01. The van der Waals surface area contributed by atoms with Crippen molar-refractivity contribution in [2.75, 3.05) is 0 Å². The van der Waals surface area contributed by atoms with Crippen LogP contribution in [0, 0.1) is 0 Å². The second-order valence-corrected chi connectivity index (χ2v) is 4.16. The number of rotatable bonds is 3. The molecule has 0 aromatic heterocycles. The van der Waals surface area contributed by atoms with Gasteiger partial charge < -0.3 is 10.8 Å². The maximum atomic E-state index is 11.0. The molecule has 0 aliphatic heterocycles. The van der Waals surface area contributed by atoms with Crippen LogP contribution >= 0.6 is 0 Å². The molecular formula is C15H15NO4. The summed E-state index contributed by atoms with van der Waals surface area (Å²) in [4.78, 5) is 30.5. The smallest absolute Gasteiger partial charge is 0.310 e. The number of fused-ring (bicyclic) bond motifs is 1. The van der Waals surface area contributed by atoms with Crippen molar-refractivity contribution in [3.05, 3.63) is 48.0 Å². The monoisotopic (exact) mass is 273 g/mol. The highest BCUT2D eigenvalue weighted by atomic mass is 16.4. The minimum absolute atomic E-state index is 0.312. The summed E-state index contributed by atoms with van der Waals surface area (Å²) in [5, 5.41) is 9.82. The molecule has 2 aromatic carbocycles. The van der Waals surface area contributed by atoms with Crippen LogP contribution in [-0.4, -0.2) is 22.8 Å². The summed E-state index contributed by atoms with van der Waals surface area (Å²) in [6.45, 7) is 1.24. The molecule has 0 saturated heterocycles. The van der Waals surface area contributed by atoms with E-state index in [0.717, 1.165) is 10.8 Å². The molecule has 3 N–H and O–H groups in total. The third-order valence-electron chi connectivity index (χ3n) is 2.46. The lowest BCUT2D eigenvalue weighted by molar-refractivity contribution is -0.139. The highest BCUT2D eigenvalue weighted by Gasteiger charge is 2.03. The zero-order chi connectivity index (χ0) is 15.1. The van der Waals surface area contributed by atoms with Gasteiger partial charge in [0, 0.05) is 5.56 Å². The number of carboxylic acid groups (broad SMARTS) is 1. The molecule has 0 bridgehead atoms. The Hall–Kier alpha value is -2.69. The number of carboxylic acids is 1. The molecule has 0 atom stereocenters. The molecule has 0 fully saturated rings. The fraction of sp³-hybridized carbons (Fsp3) is 0.133. The zero-order valence-corrected chi connectivity index (χ0v) is 11.0. The van der Waals surface area contributed by atoms with Crippen molar-refractivity contribution in [3.8, 4) is 0 Å². The lowest BCUT2D eigenvalue weighted by atomic mass is 10.0. The summed E-state index contributed by atoms with van der Waals surface area (Å²) >= 11 is 0. The largest absolute Gasteiger partial charge is 0.481 e. The standard InChI is InChI=1S/C11H9NO.C4H6O3/c12-11(13)10-7-3-5-8-4-1-2-6-9(8)10;1-3(5)2-4(6)7/h1-7H,(H2,12,13);2H2,1H3,(H,6,7). The lowest BCUT2D eigenvalue weighted by Crippen LogP contribution is -2.11. The Bertz CT molecular complexity index is 632. The fourth-order valence-electron chi connectivity index (χ4n) is 1.65. The number of amides is 1. The third kappa shape index (κ3) is 4.53. The van der Waals surface area contributed by atoms with Crippen molar-refractivity contribution in [1.82, 2.24) is 0 Å². The normalized spacial score (nSPS) is 9.45. The predicted octanol–water partition coefficient (Wildman–Crippen LogP) is 1.99.